The quantitative estimate of drug-likeness (QED) is 0.256. The minimum Gasteiger partial charge on any atom is -0.493 e. The van der Waals surface area contributed by atoms with Gasteiger partial charge in [-0.1, -0.05) is 30.0 Å². The Labute approximate surface area is 137 Å². The molecule has 0 atom stereocenters. The van der Waals surface area contributed by atoms with E-state index in [-0.39, 0.29) is 16.6 Å². The van der Waals surface area contributed by atoms with Gasteiger partial charge in [0.05, 0.1) is 11.8 Å². The molecule has 0 unspecified atom stereocenters. The Balaban J connectivity index is 1.85. The minimum absolute atomic E-state index is 0.0690. The number of para-hydroxylation sites is 1. The molecule has 0 amide bonds. The van der Waals surface area contributed by atoms with Gasteiger partial charge >= 0.3 is 11.3 Å². The summed E-state index contributed by atoms with van der Waals surface area (Å²) >= 11 is 0.884. The maximum atomic E-state index is 12.4. The molecule has 0 spiro atoms. The van der Waals surface area contributed by atoms with E-state index in [1.54, 1.807) is 30.3 Å². The van der Waals surface area contributed by atoms with Crippen molar-refractivity contribution >= 4 is 17.5 Å². The number of rotatable bonds is 5. The van der Waals surface area contributed by atoms with Gasteiger partial charge in [0.1, 0.15) is 0 Å². The van der Waals surface area contributed by atoms with Crippen LogP contribution in [0.5, 0.6) is 5.88 Å². The molecule has 0 bridgehead atoms. The largest absolute Gasteiger partial charge is 0.493 e. The van der Waals surface area contributed by atoms with Crippen molar-refractivity contribution in [3.63, 3.8) is 0 Å². The Hall–Kier alpha value is -3.14. The number of H-pyrrole nitrogens is 2. The SMILES string of the molecule is O=C(CSc1nc(O)cc(=O)[nH]1)c1c(=O)o[nH][n+]1-c1ccccc1. The second kappa shape index (κ2) is 6.54. The van der Waals surface area contributed by atoms with Crippen LogP contribution in [0.4, 0.5) is 0 Å². The molecule has 2 aromatic heterocycles. The van der Waals surface area contributed by atoms with E-state index in [1.807, 2.05) is 0 Å². The van der Waals surface area contributed by atoms with Crippen LogP contribution in [0.15, 0.2) is 55.7 Å². The molecule has 3 aromatic rings. The van der Waals surface area contributed by atoms with E-state index in [0.717, 1.165) is 17.8 Å². The van der Waals surface area contributed by atoms with Gasteiger partial charge in [0.25, 0.3) is 5.56 Å². The number of thioether (sulfide) groups is 1. The van der Waals surface area contributed by atoms with E-state index in [2.05, 4.69) is 15.2 Å². The maximum Gasteiger partial charge on any atom is 0.438 e. The van der Waals surface area contributed by atoms with Crippen LogP contribution in [-0.4, -0.2) is 31.9 Å². The summed E-state index contributed by atoms with van der Waals surface area (Å²) in [5, 5.41) is 11.7. The van der Waals surface area contributed by atoms with E-state index in [1.165, 1.54) is 4.68 Å². The highest BCUT2D eigenvalue weighted by atomic mass is 32.2. The topological polar surface area (TPSA) is 133 Å². The van der Waals surface area contributed by atoms with Crippen LogP contribution in [0.1, 0.15) is 10.5 Å². The number of hydrogen-bond acceptors (Lipinski definition) is 7. The van der Waals surface area contributed by atoms with Gasteiger partial charge in [-0.3, -0.25) is 14.1 Å². The first-order valence-electron chi connectivity index (χ1n) is 6.70. The number of Topliss-reactive ketones (excluding diaryl/α,β-unsaturated/α-hetero) is 1. The van der Waals surface area contributed by atoms with Crippen LogP contribution in [0.3, 0.4) is 0 Å². The molecule has 3 N–H and O–H groups in total. The molecule has 24 heavy (non-hydrogen) atoms. The van der Waals surface area contributed by atoms with Crippen LogP contribution in [0, 0.1) is 0 Å². The zero-order valence-electron chi connectivity index (χ0n) is 12.1. The predicted molar refractivity (Wildman–Crippen MR) is 82.4 cm³/mol. The standard InChI is InChI=1S/C14H10N4O5S/c19-9(7-24-14-15-10(20)6-11(21)16-14)12-13(22)23-17-18(12)8-4-2-1-3-5-8/h1-6H,7H2,(H2-,15,16,17,19,20,21,22)/p+1. The van der Waals surface area contributed by atoms with Gasteiger partial charge in [-0.25, -0.2) is 4.79 Å². The zero-order valence-corrected chi connectivity index (χ0v) is 12.9. The summed E-state index contributed by atoms with van der Waals surface area (Å²) in [7, 11) is 0. The van der Waals surface area contributed by atoms with E-state index >= 15 is 0 Å². The first kappa shape index (κ1) is 15.7. The lowest BCUT2D eigenvalue weighted by atomic mass is 10.3. The van der Waals surface area contributed by atoms with E-state index in [4.69, 9.17) is 4.52 Å². The summed E-state index contributed by atoms with van der Waals surface area (Å²) in [6, 6.07) is 9.60. The third-order valence-electron chi connectivity index (χ3n) is 2.97. The van der Waals surface area contributed by atoms with Gasteiger partial charge in [0.2, 0.25) is 17.4 Å². The van der Waals surface area contributed by atoms with E-state index in [0.29, 0.717) is 5.69 Å². The highest BCUT2D eigenvalue weighted by Crippen LogP contribution is 2.14. The molecule has 10 heteroatoms. The van der Waals surface area contributed by atoms with Crippen molar-refractivity contribution in [1.82, 2.24) is 15.2 Å². The molecule has 0 aliphatic carbocycles. The number of ketones is 1. The van der Waals surface area contributed by atoms with E-state index in [9.17, 15) is 19.5 Å². The first-order chi connectivity index (χ1) is 11.5. The third-order valence-corrected chi connectivity index (χ3v) is 3.84. The Kier molecular flexibility index (Phi) is 4.29. The number of benzene rings is 1. The summed E-state index contributed by atoms with van der Waals surface area (Å²) in [6.07, 6.45) is 0. The third kappa shape index (κ3) is 3.27. The second-order valence-electron chi connectivity index (χ2n) is 4.62. The molecule has 122 valence electrons. The predicted octanol–water partition coefficient (Wildman–Crippen LogP) is 0.00850. The maximum absolute atomic E-state index is 12.4. The lowest BCUT2D eigenvalue weighted by Crippen LogP contribution is -2.41. The molecule has 0 aliphatic heterocycles. The average Bonchev–Trinajstić information content (AvgIpc) is 2.94. The minimum atomic E-state index is -0.804. The number of aromatic hydroxyl groups is 1. The number of aromatic nitrogens is 4. The van der Waals surface area contributed by atoms with E-state index < -0.39 is 22.8 Å². The van der Waals surface area contributed by atoms with Gasteiger partial charge < -0.3 is 10.1 Å². The summed E-state index contributed by atoms with van der Waals surface area (Å²) in [4.78, 5) is 41.5. The van der Waals surface area contributed by atoms with Crippen LogP contribution >= 0.6 is 11.8 Å². The molecule has 3 rings (SSSR count). The van der Waals surface area contributed by atoms with Crippen molar-refractivity contribution in [3.05, 3.63) is 62.9 Å². The molecule has 1 aromatic carbocycles. The van der Waals surface area contributed by atoms with Gasteiger partial charge in [-0.05, 0) is 9.95 Å². The number of carbonyl (C=O) groups excluding carboxylic acids is 1. The molecule has 0 saturated carbocycles. The van der Waals surface area contributed by atoms with Gasteiger partial charge in [-0.2, -0.15) is 4.98 Å². The summed E-state index contributed by atoms with van der Waals surface area (Å²) in [6.45, 7) is 0. The van der Waals surface area contributed by atoms with Crippen molar-refractivity contribution in [3.8, 4) is 11.6 Å². The summed E-state index contributed by atoms with van der Waals surface area (Å²) in [5.41, 5.74) is -0.975. The second-order valence-corrected chi connectivity index (χ2v) is 5.59. The molecule has 2 heterocycles. The number of carbonyl (C=O) groups is 1. The molecule has 0 saturated heterocycles. The molecule has 0 aliphatic rings. The normalized spacial score (nSPS) is 10.7. The van der Waals surface area contributed by atoms with Crippen LogP contribution in [-0.2, 0) is 0 Å². The van der Waals surface area contributed by atoms with Gasteiger partial charge in [-0.15, -0.1) is 0 Å². The summed E-state index contributed by atoms with van der Waals surface area (Å²) < 4.78 is 5.94. The number of hydrogen-bond donors (Lipinski definition) is 3. The number of nitrogens with zero attached hydrogens (tertiary/aromatic N) is 2. The Morgan fingerprint density at radius 1 is 1.29 bits per heavy atom. The Morgan fingerprint density at radius 3 is 2.75 bits per heavy atom. The molecule has 9 nitrogen and oxygen atoms in total. The highest BCUT2D eigenvalue weighted by Gasteiger charge is 2.30. The van der Waals surface area contributed by atoms with Crippen molar-refractivity contribution in [2.24, 2.45) is 0 Å². The number of nitrogens with one attached hydrogen (secondary N) is 2. The molecule has 0 radical (unpaired) electrons. The van der Waals surface area contributed by atoms with Crippen LogP contribution in [0.25, 0.3) is 5.69 Å². The monoisotopic (exact) mass is 347 g/mol. The van der Waals surface area contributed by atoms with Crippen molar-refractivity contribution < 1.29 is 19.1 Å². The molecule has 0 fully saturated rings. The van der Waals surface area contributed by atoms with Gasteiger partial charge in [0.15, 0.2) is 5.16 Å². The Morgan fingerprint density at radius 2 is 2.04 bits per heavy atom. The smallest absolute Gasteiger partial charge is 0.438 e. The average molecular weight is 347 g/mol. The van der Waals surface area contributed by atoms with Crippen LogP contribution < -0.4 is 15.9 Å². The van der Waals surface area contributed by atoms with Crippen LogP contribution in [0.2, 0.25) is 0 Å². The van der Waals surface area contributed by atoms with Crippen molar-refractivity contribution in [2.75, 3.05) is 5.75 Å². The summed E-state index contributed by atoms with van der Waals surface area (Å²) in [5.74, 6) is -1.15. The van der Waals surface area contributed by atoms with Gasteiger partial charge in [0, 0.05) is 12.1 Å². The van der Waals surface area contributed by atoms with Crippen molar-refractivity contribution in [2.45, 2.75) is 5.16 Å². The zero-order chi connectivity index (χ0) is 17.1. The van der Waals surface area contributed by atoms with Crippen molar-refractivity contribution in [1.29, 1.82) is 0 Å². The molecular weight excluding hydrogens is 336 g/mol. The molecular formula is C14H11N4O5S+. The lowest BCUT2D eigenvalue weighted by Gasteiger charge is -1.98. The first-order valence-corrected chi connectivity index (χ1v) is 7.68. The Bertz CT molecular complexity index is 992. The number of aromatic amines is 2. The lowest BCUT2D eigenvalue weighted by molar-refractivity contribution is -0.672. The highest BCUT2D eigenvalue weighted by molar-refractivity contribution is 7.99. The fourth-order valence-corrected chi connectivity index (χ4v) is 2.70. The fraction of sp³-hybridized carbons (Fsp3) is 0.0714. The fourth-order valence-electron chi connectivity index (χ4n) is 1.96.